The first-order valence-corrected chi connectivity index (χ1v) is 11.0. The third-order valence-corrected chi connectivity index (χ3v) is 5.70. The second-order valence-electron chi connectivity index (χ2n) is 7.93. The van der Waals surface area contributed by atoms with Crippen molar-refractivity contribution in [2.24, 2.45) is 16.3 Å². The number of hydrogen-bond acceptors (Lipinski definition) is 4. The van der Waals surface area contributed by atoms with Gasteiger partial charge < -0.3 is 24.8 Å². The van der Waals surface area contributed by atoms with Gasteiger partial charge in [-0.15, -0.1) is 24.0 Å². The maximum absolute atomic E-state index is 5.78. The lowest BCUT2D eigenvalue weighted by atomic mass is 9.83. The number of halogens is 1. The lowest BCUT2D eigenvalue weighted by Crippen LogP contribution is -2.39. The molecule has 0 aromatic carbocycles. The Hall–Kier alpha value is -0.120. The third-order valence-electron chi connectivity index (χ3n) is 5.70. The Morgan fingerprint density at radius 3 is 2.64 bits per heavy atom. The van der Waals surface area contributed by atoms with Crippen LogP contribution in [0.3, 0.4) is 0 Å². The summed E-state index contributed by atoms with van der Waals surface area (Å²) in [7, 11) is 0. The highest BCUT2D eigenvalue weighted by Crippen LogP contribution is 2.41. The summed E-state index contributed by atoms with van der Waals surface area (Å²) in [6, 6.07) is 0. The van der Waals surface area contributed by atoms with Crippen molar-refractivity contribution in [2.45, 2.75) is 58.8 Å². The molecule has 2 rings (SSSR count). The molecule has 2 N–H and O–H groups in total. The molecule has 1 heterocycles. The van der Waals surface area contributed by atoms with Crippen LogP contribution in [-0.2, 0) is 14.2 Å². The summed E-state index contributed by atoms with van der Waals surface area (Å²) >= 11 is 0. The van der Waals surface area contributed by atoms with Crippen LogP contribution >= 0.6 is 24.0 Å². The predicted molar refractivity (Wildman–Crippen MR) is 126 cm³/mol. The molecule has 6 nitrogen and oxygen atoms in total. The number of ether oxygens (including phenoxy) is 3. The Labute approximate surface area is 189 Å². The molecule has 1 unspecified atom stereocenters. The van der Waals surface area contributed by atoms with Crippen molar-refractivity contribution >= 4 is 29.9 Å². The maximum atomic E-state index is 5.78. The van der Waals surface area contributed by atoms with Crippen LogP contribution in [0.4, 0.5) is 0 Å². The van der Waals surface area contributed by atoms with E-state index in [1.54, 1.807) is 0 Å². The lowest BCUT2D eigenvalue weighted by Gasteiger charge is -2.27. The minimum Gasteiger partial charge on any atom is -0.382 e. The molecule has 0 amide bonds. The van der Waals surface area contributed by atoms with Gasteiger partial charge in [0, 0.05) is 52.0 Å². The van der Waals surface area contributed by atoms with Gasteiger partial charge in [0.2, 0.25) is 0 Å². The van der Waals surface area contributed by atoms with Gasteiger partial charge in [0.25, 0.3) is 0 Å². The fraction of sp³-hybridized carbons (Fsp3) is 0.952. The van der Waals surface area contributed by atoms with Crippen molar-refractivity contribution in [1.29, 1.82) is 0 Å². The van der Waals surface area contributed by atoms with E-state index in [1.165, 1.54) is 25.7 Å². The topological polar surface area (TPSA) is 64.1 Å². The first-order chi connectivity index (χ1) is 13.3. The molecule has 1 aliphatic carbocycles. The zero-order chi connectivity index (χ0) is 19.2. The summed E-state index contributed by atoms with van der Waals surface area (Å²) in [6.07, 6.45) is 8.48. The smallest absolute Gasteiger partial charge is 0.191 e. The molecule has 1 aliphatic heterocycles. The van der Waals surface area contributed by atoms with Crippen LogP contribution in [0.25, 0.3) is 0 Å². The molecule has 1 saturated heterocycles. The number of guanidine groups is 1. The molecular weight excluding hydrogens is 469 g/mol. The van der Waals surface area contributed by atoms with Gasteiger partial charge in [0.15, 0.2) is 5.96 Å². The van der Waals surface area contributed by atoms with Crippen LogP contribution in [-0.4, -0.2) is 65.2 Å². The Balaban J connectivity index is 0.00000392. The van der Waals surface area contributed by atoms with Crippen molar-refractivity contribution in [3.8, 4) is 0 Å². The largest absolute Gasteiger partial charge is 0.382 e. The van der Waals surface area contributed by atoms with Gasteiger partial charge in [-0.05, 0) is 51.4 Å². The van der Waals surface area contributed by atoms with E-state index in [1.807, 2.05) is 0 Å². The van der Waals surface area contributed by atoms with Gasteiger partial charge in [-0.25, -0.2) is 0 Å². The predicted octanol–water partition coefficient (Wildman–Crippen LogP) is 3.59. The van der Waals surface area contributed by atoms with Gasteiger partial charge in [0.1, 0.15) is 0 Å². The zero-order valence-corrected chi connectivity index (χ0v) is 20.3. The van der Waals surface area contributed by atoms with Crippen LogP contribution in [0.1, 0.15) is 58.8 Å². The normalized spacial score (nSPS) is 21.5. The minimum absolute atomic E-state index is 0. The lowest BCUT2D eigenvalue weighted by molar-refractivity contribution is 0.0888. The van der Waals surface area contributed by atoms with E-state index < -0.39 is 0 Å². The Kier molecular flexibility index (Phi) is 14.5. The van der Waals surface area contributed by atoms with E-state index in [0.717, 1.165) is 84.5 Å². The second kappa shape index (κ2) is 15.7. The van der Waals surface area contributed by atoms with Crippen molar-refractivity contribution in [3.05, 3.63) is 0 Å². The fourth-order valence-electron chi connectivity index (χ4n) is 3.98. The van der Waals surface area contributed by atoms with E-state index in [0.29, 0.717) is 11.3 Å². The van der Waals surface area contributed by atoms with E-state index in [9.17, 15) is 0 Å². The standard InChI is InChI=1S/C21H41N3O3.HI/c1-3-22-20(23-12-7-13-26-16-19-8-14-27-17-19)24-18-21(9-5-6-10-21)11-15-25-4-2;/h19H,3-18H2,1-2H3,(H2,22,23,24);1H. The third kappa shape index (κ3) is 10.1. The quantitative estimate of drug-likeness (QED) is 0.171. The summed E-state index contributed by atoms with van der Waals surface area (Å²) in [6.45, 7) is 11.9. The Bertz CT molecular complexity index is 412. The van der Waals surface area contributed by atoms with Crippen LogP contribution in [0.15, 0.2) is 4.99 Å². The SMILES string of the molecule is CCNC(=NCC1(CCOCC)CCCC1)NCCCOCC1CCOC1.I. The summed E-state index contributed by atoms with van der Waals surface area (Å²) in [5.41, 5.74) is 0.337. The number of rotatable bonds is 13. The van der Waals surface area contributed by atoms with Crippen LogP contribution in [0.5, 0.6) is 0 Å². The van der Waals surface area contributed by atoms with Gasteiger partial charge in [-0.1, -0.05) is 12.8 Å². The van der Waals surface area contributed by atoms with E-state index >= 15 is 0 Å². The average Bonchev–Trinajstić information content (AvgIpc) is 3.35. The molecule has 0 spiro atoms. The molecule has 28 heavy (non-hydrogen) atoms. The number of nitrogens with zero attached hydrogens (tertiary/aromatic N) is 1. The fourth-order valence-corrected chi connectivity index (χ4v) is 3.98. The van der Waals surface area contributed by atoms with Gasteiger partial charge in [0.05, 0.1) is 13.2 Å². The molecule has 7 heteroatoms. The second-order valence-corrected chi connectivity index (χ2v) is 7.93. The highest BCUT2D eigenvalue weighted by molar-refractivity contribution is 14.0. The average molecular weight is 511 g/mol. The maximum Gasteiger partial charge on any atom is 0.191 e. The molecule has 0 aromatic rings. The highest BCUT2D eigenvalue weighted by atomic mass is 127. The van der Waals surface area contributed by atoms with Gasteiger partial charge in [-0.3, -0.25) is 4.99 Å². The van der Waals surface area contributed by atoms with Crippen LogP contribution in [0, 0.1) is 11.3 Å². The number of hydrogen-bond donors (Lipinski definition) is 2. The van der Waals surface area contributed by atoms with Crippen LogP contribution in [0.2, 0.25) is 0 Å². The molecule has 166 valence electrons. The Morgan fingerprint density at radius 2 is 1.96 bits per heavy atom. The van der Waals surface area contributed by atoms with Crippen molar-refractivity contribution in [3.63, 3.8) is 0 Å². The molecular formula is C21H42IN3O3. The minimum atomic E-state index is 0. The molecule has 1 atom stereocenters. The molecule has 0 aromatic heterocycles. The monoisotopic (exact) mass is 511 g/mol. The summed E-state index contributed by atoms with van der Waals surface area (Å²) in [5, 5.41) is 6.84. The van der Waals surface area contributed by atoms with E-state index in [2.05, 4.69) is 24.5 Å². The summed E-state index contributed by atoms with van der Waals surface area (Å²) < 4.78 is 16.8. The van der Waals surface area contributed by atoms with Crippen molar-refractivity contribution < 1.29 is 14.2 Å². The number of aliphatic imine (C=N–C) groups is 1. The summed E-state index contributed by atoms with van der Waals surface area (Å²) in [4.78, 5) is 4.91. The summed E-state index contributed by atoms with van der Waals surface area (Å²) in [5.74, 6) is 1.53. The van der Waals surface area contributed by atoms with Gasteiger partial charge >= 0.3 is 0 Å². The van der Waals surface area contributed by atoms with Crippen molar-refractivity contribution in [1.82, 2.24) is 10.6 Å². The van der Waals surface area contributed by atoms with E-state index in [4.69, 9.17) is 19.2 Å². The van der Waals surface area contributed by atoms with Crippen molar-refractivity contribution in [2.75, 3.05) is 59.3 Å². The van der Waals surface area contributed by atoms with Gasteiger partial charge in [-0.2, -0.15) is 0 Å². The van der Waals surface area contributed by atoms with Crippen LogP contribution < -0.4 is 10.6 Å². The molecule has 2 fully saturated rings. The Morgan fingerprint density at radius 1 is 1.14 bits per heavy atom. The first kappa shape index (κ1) is 25.9. The molecule has 0 bridgehead atoms. The molecule has 1 saturated carbocycles. The highest BCUT2D eigenvalue weighted by Gasteiger charge is 2.33. The number of nitrogens with one attached hydrogen (secondary N) is 2. The molecule has 0 radical (unpaired) electrons. The molecule has 2 aliphatic rings. The zero-order valence-electron chi connectivity index (χ0n) is 18.0. The van der Waals surface area contributed by atoms with E-state index in [-0.39, 0.29) is 24.0 Å². The first-order valence-electron chi connectivity index (χ1n) is 11.0.